The predicted octanol–water partition coefficient (Wildman–Crippen LogP) is 5.48. The molecule has 0 bridgehead atoms. The van der Waals surface area contributed by atoms with Crippen LogP contribution in [0.2, 0.25) is 0 Å². The molecular formula is C10H13F6PS. The predicted molar refractivity (Wildman–Crippen MR) is 68.7 cm³/mol. The molecule has 0 saturated carbocycles. The van der Waals surface area contributed by atoms with Crippen LogP contribution in [0.3, 0.4) is 0 Å². The first-order valence-corrected chi connectivity index (χ1v) is 7.54. The van der Waals surface area contributed by atoms with Crippen molar-refractivity contribution in [2.24, 2.45) is 0 Å². The van der Waals surface area contributed by atoms with E-state index in [1.54, 1.807) is 0 Å². The van der Waals surface area contributed by atoms with Crippen molar-refractivity contribution in [2.75, 3.05) is 5.75 Å². The molecule has 1 rings (SSSR count). The molecule has 0 radical (unpaired) electrons. The van der Waals surface area contributed by atoms with Crippen LogP contribution in [0.4, 0.5) is 25.2 Å². The summed E-state index contributed by atoms with van der Waals surface area (Å²) in [7, 11) is -10.7. The number of hydrogen-bond donors (Lipinski definition) is 0. The van der Waals surface area contributed by atoms with E-state index in [0.717, 1.165) is 12.2 Å². The minimum Gasteiger partial charge on any atom is -0.0793 e. The van der Waals surface area contributed by atoms with Crippen molar-refractivity contribution < 1.29 is 25.2 Å². The Morgan fingerprint density at radius 3 is 1.78 bits per heavy atom. The van der Waals surface area contributed by atoms with Crippen molar-refractivity contribution in [2.45, 2.75) is 6.42 Å². The van der Waals surface area contributed by atoms with Gasteiger partial charge in [-0.2, -0.15) is 0 Å². The Kier molecular flexibility index (Phi) is 5.32. The molecular weight excluding hydrogens is 297 g/mol. The maximum Gasteiger partial charge on any atom is 0.107 e. The van der Waals surface area contributed by atoms with Crippen molar-refractivity contribution in [3.63, 3.8) is 0 Å². The average molecular weight is 310 g/mol. The zero-order valence-electron chi connectivity index (χ0n) is 9.17. The number of rotatable bonds is 3. The van der Waals surface area contributed by atoms with Gasteiger partial charge in [-0.3, -0.25) is 0 Å². The summed E-state index contributed by atoms with van der Waals surface area (Å²) < 4.78 is 59.2. The van der Waals surface area contributed by atoms with Gasteiger partial charge in [0, 0.05) is 6.42 Å². The molecule has 1 aromatic carbocycles. The molecule has 0 saturated heterocycles. The molecule has 0 aliphatic heterocycles. The Hall–Kier alpha value is -0.680. The molecule has 1 aromatic rings. The largest absolute Gasteiger partial charge is 0.107 e. The first-order chi connectivity index (χ1) is 7.88. The summed E-state index contributed by atoms with van der Waals surface area (Å²) in [5.41, 5.74) is 1.27. The zero-order valence-corrected chi connectivity index (χ0v) is 11.1. The molecule has 0 amide bonds. The molecule has 0 nitrogen and oxygen atoms in total. The van der Waals surface area contributed by atoms with Gasteiger partial charge in [-0.1, -0.05) is 42.5 Å². The summed E-state index contributed by atoms with van der Waals surface area (Å²) in [5.74, 6) is 1.03. The van der Waals surface area contributed by atoms with Gasteiger partial charge in [0.2, 0.25) is 0 Å². The van der Waals surface area contributed by atoms with Gasteiger partial charge in [-0.15, -0.1) is 0 Å². The summed E-state index contributed by atoms with van der Waals surface area (Å²) in [4.78, 5) is 0. The van der Waals surface area contributed by atoms with Crippen LogP contribution < -0.4 is 0 Å². The molecule has 0 aromatic heterocycles. The molecule has 0 heterocycles. The van der Waals surface area contributed by atoms with Crippen LogP contribution in [-0.2, 0) is 12.6 Å². The van der Waals surface area contributed by atoms with Crippen molar-refractivity contribution in [1.82, 2.24) is 0 Å². The van der Waals surface area contributed by atoms with Crippen molar-refractivity contribution in [1.29, 1.82) is 0 Å². The third kappa shape index (κ3) is 20.7. The molecule has 8 heteroatoms. The van der Waals surface area contributed by atoms with E-state index in [2.05, 4.69) is 36.9 Å². The van der Waals surface area contributed by atoms with E-state index in [4.69, 9.17) is 0 Å². The second kappa shape index (κ2) is 5.53. The van der Waals surface area contributed by atoms with Gasteiger partial charge in [0.05, 0.1) is 0 Å². The van der Waals surface area contributed by atoms with Crippen LogP contribution >= 0.6 is 7.81 Å². The summed E-state index contributed by atoms with van der Waals surface area (Å²) in [6.07, 6.45) is 5.40. The maximum absolute atomic E-state index is 10.7. The third-order valence-corrected chi connectivity index (χ3v) is 1.71. The van der Waals surface area contributed by atoms with Crippen molar-refractivity contribution in [3.05, 3.63) is 42.0 Å². The van der Waals surface area contributed by atoms with Crippen LogP contribution in [0.5, 0.6) is 0 Å². The summed E-state index contributed by atoms with van der Waals surface area (Å²) in [5, 5.41) is 0. The molecule has 18 heavy (non-hydrogen) atoms. The molecule has 0 atom stereocenters. The Labute approximate surface area is 106 Å². The smallest absolute Gasteiger partial charge is 0.0793 e. The summed E-state index contributed by atoms with van der Waals surface area (Å²) >= 11 is 3.42. The van der Waals surface area contributed by atoms with Gasteiger partial charge in [0.15, 0.2) is 0 Å². The molecule has 0 N–H and O–H groups in total. The van der Waals surface area contributed by atoms with E-state index < -0.39 is 7.81 Å². The number of allylic oxidation sites excluding steroid dienone is 1. The normalized spacial score (nSPS) is 15.5. The molecule has 0 spiro atoms. The van der Waals surface area contributed by atoms with Crippen LogP contribution in [0.15, 0.2) is 36.4 Å². The average Bonchev–Trinajstić information content (AvgIpc) is 2.15. The Morgan fingerprint density at radius 1 is 0.944 bits per heavy atom. The monoisotopic (exact) mass is 310 g/mol. The fourth-order valence-corrected chi connectivity index (χ4v) is 1.03. The zero-order chi connectivity index (χ0) is 14.3. The van der Waals surface area contributed by atoms with E-state index in [1.165, 1.54) is 5.56 Å². The van der Waals surface area contributed by atoms with E-state index in [-0.39, 0.29) is 0 Å². The van der Waals surface area contributed by atoms with Crippen molar-refractivity contribution >= 4 is 26.5 Å². The topological polar surface area (TPSA) is 0 Å². The van der Waals surface area contributed by atoms with E-state index in [9.17, 15) is 25.2 Å². The minimum absolute atomic E-state index is 1.03. The van der Waals surface area contributed by atoms with E-state index in [0.29, 0.717) is 0 Å². The minimum atomic E-state index is -10.7. The number of hydrogen-bond acceptors (Lipinski definition) is 0. The first-order valence-electron chi connectivity index (χ1n) is 4.81. The van der Waals surface area contributed by atoms with E-state index >= 15 is 0 Å². The van der Waals surface area contributed by atoms with Gasteiger partial charge in [0.1, 0.15) is 5.75 Å². The second-order valence-corrected chi connectivity index (χ2v) is 5.73. The van der Waals surface area contributed by atoms with Gasteiger partial charge >= 0.3 is 33.0 Å². The fourth-order valence-electron chi connectivity index (χ4n) is 0.867. The quantitative estimate of drug-likeness (QED) is 0.394. The van der Waals surface area contributed by atoms with Gasteiger partial charge in [-0.25, -0.2) is 0 Å². The molecule has 0 aliphatic rings. The fraction of sp³-hybridized carbons (Fsp3) is 0.200. The standard InChI is InChI=1S/C10H12S.F6P/c11-9-5-4-8-10-6-2-1-3-7-10;1-7(2,3,4,5)6/h1-4,6-8,11H,5,9H2;/q;-1/p+1/b8-4+;. The SMILES string of the molecule is F[P-](F)(F)(F)(F)F.[SH2+]CC/C=C/c1ccccc1. The Bertz CT molecular complexity index is 371. The molecule has 0 fully saturated rings. The first kappa shape index (κ1) is 17.3. The number of benzene rings is 1. The van der Waals surface area contributed by atoms with Crippen LogP contribution in [0, 0.1) is 0 Å². The van der Waals surface area contributed by atoms with Crippen LogP contribution in [0.25, 0.3) is 6.08 Å². The summed E-state index contributed by atoms with van der Waals surface area (Å²) in [6.45, 7) is 0. The van der Waals surface area contributed by atoms with E-state index in [1.807, 2.05) is 18.2 Å². The number of halogens is 6. The molecule has 106 valence electrons. The van der Waals surface area contributed by atoms with Crippen molar-refractivity contribution in [3.8, 4) is 0 Å². The summed E-state index contributed by atoms with van der Waals surface area (Å²) in [6, 6.07) is 10.3. The maximum atomic E-state index is 9.87. The Balaban J connectivity index is 0.000000360. The van der Waals surface area contributed by atoms with Crippen LogP contribution in [0.1, 0.15) is 12.0 Å². The van der Waals surface area contributed by atoms with Gasteiger partial charge < -0.3 is 0 Å². The van der Waals surface area contributed by atoms with Gasteiger partial charge in [0.25, 0.3) is 0 Å². The Morgan fingerprint density at radius 2 is 1.39 bits per heavy atom. The molecule has 0 aliphatic carbocycles. The third-order valence-electron chi connectivity index (χ3n) is 1.42. The second-order valence-electron chi connectivity index (χ2n) is 3.31. The van der Waals surface area contributed by atoms with Gasteiger partial charge in [-0.05, 0) is 18.2 Å². The van der Waals surface area contributed by atoms with Crippen LogP contribution in [-0.4, -0.2) is 5.75 Å². The molecule has 0 unspecified atom stereocenters.